The van der Waals surface area contributed by atoms with Gasteiger partial charge in [0.25, 0.3) is 5.78 Å². The number of rotatable bonds is 12. The zero-order valence-electron chi connectivity index (χ0n) is 26.1. The van der Waals surface area contributed by atoms with E-state index in [-0.39, 0.29) is 16.5 Å². The molecular weight excluding hydrogens is 607 g/mol. The molecule has 45 heavy (non-hydrogen) atoms. The van der Waals surface area contributed by atoms with Gasteiger partial charge in [-0.25, -0.2) is 0 Å². The van der Waals surface area contributed by atoms with Crippen LogP contribution in [-0.4, -0.2) is 40.7 Å². The van der Waals surface area contributed by atoms with Crippen LogP contribution in [0.1, 0.15) is 65.6 Å². The summed E-state index contributed by atoms with van der Waals surface area (Å²) in [5, 5.41) is 20.6. The van der Waals surface area contributed by atoms with Crippen molar-refractivity contribution >= 4 is 45.7 Å². The van der Waals surface area contributed by atoms with E-state index in [4.69, 9.17) is 9.47 Å². The quantitative estimate of drug-likeness (QED) is 0.0414. The smallest absolute Gasteiger partial charge is 0.301 e. The highest BCUT2D eigenvalue weighted by atomic mass is 32.2. The molecule has 0 spiro atoms. The maximum atomic E-state index is 13.7. The molecule has 1 atom stereocenters. The lowest BCUT2D eigenvalue weighted by molar-refractivity contribution is -0.132. The Morgan fingerprint density at radius 2 is 1.71 bits per heavy atom. The maximum Gasteiger partial charge on any atom is 0.301 e. The average molecular weight is 644 g/mol. The van der Waals surface area contributed by atoms with Gasteiger partial charge in [0.2, 0.25) is 5.13 Å². The molecule has 10 heteroatoms. The molecule has 5 rings (SSSR count). The number of carbonyl (C=O) groups excluding carboxylic acids is 2. The summed E-state index contributed by atoms with van der Waals surface area (Å²) in [4.78, 5) is 28.8. The second kappa shape index (κ2) is 14.3. The molecule has 0 bridgehead atoms. The number of hydrogen-bond donors (Lipinski definition) is 1. The minimum Gasteiger partial charge on any atom is -0.507 e. The number of methoxy groups -OCH3 is 1. The molecule has 1 amide bonds. The van der Waals surface area contributed by atoms with Crippen molar-refractivity contribution in [2.75, 3.05) is 18.6 Å². The van der Waals surface area contributed by atoms with Crippen molar-refractivity contribution < 1.29 is 24.2 Å². The Balaban J connectivity index is 1.56. The zero-order chi connectivity index (χ0) is 32.1. The van der Waals surface area contributed by atoms with E-state index in [1.165, 1.54) is 33.6 Å². The number of carbonyl (C=O) groups is 2. The first kappa shape index (κ1) is 32.2. The third-order valence-electron chi connectivity index (χ3n) is 7.69. The molecular formula is C35H37N3O5S2. The van der Waals surface area contributed by atoms with Gasteiger partial charge in [-0.2, -0.15) is 0 Å². The van der Waals surface area contributed by atoms with Crippen molar-refractivity contribution in [3.05, 3.63) is 99.6 Å². The number of unbranched alkanes of at least 4 members (excludes halogenated alkanes) is 2. The first-order chi connectivity index (χ1) is 21.7. The molecule has 0 saturated carbocycles. The molecule has 1 N–H and O–H groups in total. The minimum absolute atomic E-state index is 0.0172. The topological polar surface area (TPSA) is 102 Å². The number of aliphatic hydroxyl groups is 1. The Morgan fingerprint density at radius 1 is 0.956 bits per heavy atom. The van der Waals surface area contributed by atoms with Crippen molar-refractivity contribution in [1.29, 1.82) is 0 Å². The summed E-state index contributed by atoms with van der Waals surface area (Å²) < 4.78 is 12.3. The SMILES string of the molecule is CCCCCOc1ccc(C2C(=C(O)c3cc(C)ccc3C)C(=O)C(=O)N2c2nnc(SCc3ccc(C)cc3)s2)cc1OC. The molecule has 1 saturated heterocycles. The van der Waals surface area contributed by atoms with Gasteiger partial charge in [-0.1, -0.05) is 96.5 Å². The number of aromatic nitrogens is 2. The number of ketones is 1. The van der Waals surface area contributed by atoms with Gasteiger partial charge in [-0.3, -0.25) is 14.5 Å². The van der Waals surface area contributed by atoms with Crippen molar-refractivity contribution in [3.8, 4) is 11.5 Å². The second-order valence-electron chi connectivity index (χ2n) is 11.1. The number of benzene rings is 3. The van der Waals surface area contributed by atoms with Crippen LogP contribution in [0.5, 0.6) is 11.5 Å². The number of anilines is 1. The molecule has 1 fully saturated rings. The molecule has 0 aliphatic carbocycles. The second-order valence-corrected chi connectivity index (χ2v) is 13.3. The van der Waals surface area contributed by atoms with E-state index in [1.807, 2.05) is 39.0 Å². The van der Waals surface area contributed by atoms with Gasteiger partial charge >= 0.3 is 5.91 Å². The number of aryl methyl sites for hydroxylation is 3. The fourth-order valence-electron chi connectivity index (χ4n) is 5.18. The van der Waals surface area contributed by atoms with Gasteiger partial charge in [0.15, 0.2) is 15.8 Å². The van der Waals surface area contributed by atoms with E-state index in [0.717, 1.165) is 36.0 Å². The summed E-state index contributed by atoms with van der Waals surface area (Å²) in [6, 6.07) is 18.3. The lowest BCUT2D eigenvalue weighted by Crippen LogP contribution is -2.29. The van der Waals surface area contributed by atoms with Gasteiger partial charge < -0.3 is 14.6 Å². The van der Waals surface area contributed by atoms with Crippen molar-refractivity contribution in [2.45, 2.75) is 63.1 Å². The molecule has 1 unspecified atom stereocenters. The molecule has 234 valence electrons. The lowest BCUT2D eigenvalue weighted by atomic mass is 9.93. The van der Waals surface area contributed by atoms with Crippen LogP contribution >= 0.6 is 23.1 Å². The van der Waals surface area contributed by atoms with E-state index in [0.29, 0.717) is 39.3 Å². The molecule has 0 radical (unpaired) electrons. The predicted octanol–water partition coefficient (Wildman–Crippen LogP) is 7.96. The largest absolute Gasteiger partial charge is 0.507 e. The highest BCUT2D eigenvalue weighted by Crippen LogP contribution is 2.46. The summed E-state index contributed by atoms with van der Waals surface area (Å²) in [5.74, 6) is -0.0964. The van der Waals surface area contributed by atoms with Crippen LogP contribution in [0, 0.1) is 20.8 Å². The fourth-order valence-corrected chi connectivity index (χ4v) is 7.00. The standard InChI is InChI=1S/C35H37N3O5S2/c1-6-7-8-17-43-27-16-15-25(19-28(27)42-5)30-29(31(39)26-18-22(3)9-12-23(26)4)32(40)33(41)38(30)34-36-37-35(45-34)44-20-24-13-10-21(2)11-14-24/h9-16,18-19,30,39H,6-8,17,20H2,1-5H3. The first-order valence-corrected chi connectivity index (χ1v) is 16.7. The number of amides is 1. The monoisotopic (exact) mass is 643 g/mol. The van der Waals surface area contributed by atoms with Crippen LogP contribution in [0.2, 0.25) is 0 Å². The molecule has 4 aromatic rings. The summed E-state index contributed by atoms with van der Waals surface area (Å²) in [7, 11) is 1.55. The number of Topliss-reactive ketones (excluding diaryl/α,β-unsaturated/α-hetero) is 1. The van der Waals surface area contributed by atoms with E-state index in [2.05, 4.69) is 41.4 Å². The molecule has 1 aromatic heterocycles. The molecule has 1 aliphatic rings. The van der Waals surface area contributed by atoms with Crippen LogP contribution in [0.4, 0.5) is 5.13 Å². The van der Waals surface area contributed by atoms with E-state index < -0.39 is 17.7 Å². The normalized spacial score (nSPS) is 15.9. The lowest BCUT2D eigenvalue weighted by Gasteiger charge is -2.23. The zero-order valence-corrected chi connectivity index (χ0v) is 27.8. The number of nitrogens with zero attached hydrogens (tertiary/aromatic N) is 3. The van der Waals surface area contributed by atoms with Crippen LogP contribution in [0.3, 0.4) is 0 Å². The Kier molecular flexibility index (Phi) is 10.2. The fraction of sp³-hybridized carbons (Fsp3) is 0.314. The maximum absolute atomic E-state index is 13.7. The number of thioether (sulfide) groups is 1. The van der Waals surface area contributed by atoms with Gasteiger partial charge in [-0.05, 0) is 62.1 Å². The van der Waals surface area contributed by atoms with Gasteiger partial charge in [0, 0.05) is 11.3 Å². The van der Waals surface area contributed by atoms with Crippen LogP contribution in [0.25, 0.3) is 5.76 Å². The van der Waals surface area contributed by atoms with Crippen molar-refractivity contribution in [2.24, 2.45) is 0 Å². The van der Waals surface area contributed by atoms with Gasteiger partial charge in [0.05, 0.1) is 25.3 Å². The number of hydrogen-bond acceptors (Lipinski definition) is 9. The third kappa shape index (κ3) is 7.07. The molecule has 1 aliphatic heterocycles. The summed E-state index contributed by atoms with van der Waals surface area (Å²) in [5.41, 5.74) is 5.07. The van der Waals surface area contributed by atoms with E-state index >= 15 is 0 Å². The van der Waals surface area contributed by atoms with E-state index in [1.54, 1.807) is 25.3 Å². The molecule has 2 heterocycles. The Hall–Kier alpha value is -4.15. The Labute approximate surface area is 272 Å². The molecule has 8 nitrogen and oxygen atoms in total. The summed E-state index contributed by atoms with van der Waals surface area (Å²) in [6.45, 7) is 8.49. The predicted molar refractivity (Wildman–Crippen MR) is 179 cm³/mol. The molecule has 3 aromatic carbocycles. The number of aliphatic hydroxyl groups excluding tert-OH is 1. The minimum atomic E-state index is -0.962. The summed E-state index contributed by atoms with van der Waals surface area (Å²) >= 11 is 2.74. The summed E-state index contributed by atoms with van der Waals surface area (Å²) in [6.07, 6.45) is 3.05. The average Bonchev–Trinajstić information content (AvgIpc) is 3.61. The first-order valence-electron chi connectivity index (χ1n) is 14.9. The number of ether oxygens (including phenoxy) is 2. The Morgan fingerprint density at radius 3 is 2.44 bits per heavy atom. The van der Waals surface area contributed by atoms with Crippen LogP contribution < -0.4 is 14.4 Å². The van der Waals surface area contributed by atoms with E-state index in [9.17, 15) is 14.7 Å². The van der Waals surface area contributed by atoms with Gasteiger partial charge in [0.1, 0.15) is 5.76 Å². The van der Waals surface area contributed by atoms with Crippen molar-refractivity contribution in [3.63, 3.8) is 0 Å². The highest BCUT2D eigenvalue weighted by Gasteiger charge is 2.48. The Bertz CT molecular complexity index is 1730. The third-order valence-corrected chi connectivity index (χ3v) is 9.81. The highest BCUT2D eigenvalue weighted by molar-refractivity contribution is 8.00. The van der Waals surface area contributed by atoms with Crippen LogP contribution in [-0.2, 0) is 15.3 Å². The van der Waals surface area contributed by atoms with Crippen molar-refractivity contribution in [1.82, 2.24) is 10.2 Å². The van der Waals surface area contributed by atoms with Crippen LogP contribution in [0.15, 0.2) is 70.6 Å². The van der Waals surface area contributed by atoms with Gasteiger partial charge in [-0.15, -0.1) is 10.2 Å².